The van der Waals surface area contributed by atoms with Crippen molar-refractivity contribution in [3.05, 3.63) is 37.1 Å². The Morgan fingerprint density at radius 2 is 1.96 bits per heavy atom. The normalized spacial score (nSPS) is 22.8. The van der Waals surface area contributed by atoms with Crippen LogP contribution >= 0.6 is 0 Å². The number of rotatable bonds is 8. The van der Waals surface area contributed by atoms with Crippen LogP contribution in [-0.4, -0.2) is 30.1 Å². The first-order chi connectivity index (χ1) is 11.3. The number of esters is 3. The fourth-order valence-corrected chi connectivity index (χ4v) is 2.66. The standard InChI is InChI=1S/C18H24O6/c1-5-15(19)22-9-8-17(21)24-18(7-3)11-13(4)10-14(12-18)23-16(20)6-2/h5-6,10,13H,1-2,7-9,11-12H2,3-4H3. The average molecular weight is 336 g/mol. The molecule has 1 rings (SSSR count). The average Bonchev–Trinajstić information content (AvgIpc) is 2.53. The highest BCUT2D eigenvalue weighted by Crippen LogP contribution is 2.38. The molecule has 0 saturated heterocycles. The molecule has 2 atom stereocenters. The number of allylic oxidation sites excluding steroid dienone is 1. The van der Waals surface area contributed by atoms with E-state index in [0.29, 0.717) is 25.0 Å². The summed E-state index contributed by atoms with van der Waals surface area (Å²) < 4.78 is 15.6. The van der Waals surface area contributed by atoms with Crippen molar-refractivity contribution in [3.8, 4) is 0 Å². The predicted molar refractivity (Wildman–Crippen MR) is 87.7 cm³/mol. The van der Waals surface area contributed by atoms with Crippen LogP contribution in [0.3, 0.4) is 0 Å². The van der Waals surface area contributed by atoms with Crippen LogP contribution in [0.2, 0.25) is 0 Å². The van der Waals surface area contributed by atoms with Gasteiger partial charge < -0.3 is 14.2 Å². The van der Waals surface area contributed by atoms with Crippen molar-refractivity contribution in [2.24, 2.45) is 5.92 Å². The fourth-order valence-electron chi connectivity index (χ4n) is 2.66. The molecule has 0 N–H and O–H groups in total. The van der Waals surface area contributed by atoms with E-state index in [2.05, 4.69) is 13.2 Å². The summed E-state index contributed by atoms with van der Waals surface area (Å²) in [6.07, 6.45) is 5.48. The van der Waals surface area contributed by atoms with Crippen molar-refractivity contribution in [2.75, 3.05) is 6.61 Å². The lowest BCUT2D eigenvalue weighted by Gasteiger charge is -2.37. The van der Waals surface area contributed by atoms with Gasteiger partial charge in [0.05, 0.1) is 6.42 Å². The number of carbonyl (C=O) groups is 3. The SMILES string of the molecule is C=CC(=O)OCCC(=O)OC1(CC)CC(OC(=O)C=C)=CC(C)C1. The third-order valence-electron chi connectivity index (χ3n) is 3.75. The maximum Gasteiger partial charge on any atom is 0.335 e. The second-order valence-electron chi connectivity index (χ2n) is 5.75. The van der Waals surface area contributed by atoms with Gasteiger partial charge in [0.2, 0.25) is 0 Å². The summed E-state index contributed by atoms with van der Waals surface area (Å²) in [4.78, 5) is 34.4. The van der Waals surface area contributed by atoms with Gasteiger partial charge in [-0.15, -0.1) is 0 Å². The summed E-state index contributed by atoms with van der Waals surface area (Å²) in [7, 11) is 0. The molecule has 0 aromatic carbocycles. The lowest BCUT2D eigenvalue weighted by molar-refractivity contribution is -0.165. The van der Waals surface area contributed by atoms with E-state index in [1.54, 1.807) is 0 Å². The molecule has 6 nitrogen and oxygen atoms in total. The summed E-state index contributed by atoms with van der Waals surface area (Å²) in [5.41, 5.74) is -0.732. The Morgan fingerprint density at radius 3 is 2.54 bits per heavy atom. The van der Waals surface area contributed by atoms with Crippen LogP contribution in [0.25, 0.3) is 0 Å². The number of ether oxygens (including phenoxy) is 3. The van der Waals surface area contributed by atoms with E-state index in [9.17, 15) is 14.4 Å². The lowest BCUT2D eigenvalue weighted by Crippen LogP contribution is -2.39. The first-order valence-corrected chi connectivity index (χ1v) is 7.90. The van der Waals surface area contributed by atoms with Crippen LogP contribution in [0.4, 0.5) is 0 Å². The summed E-state index contributed by atoms with van der Waals surface area (Å²) in [6.45, 7) is 10.5. The number of hydrogen-bond donors (Lipinski definition) is 0. The van der Waals surface area contributed by atoms with Gasteiger partial charge in [0, 0.05) is 18.6 Å². The molecule has 0 aromatic heterocycles. The van der Waals surface area contributed by atoms with E-state index in [-0.39, 0.29) is 18.9 Å². The third-order valence-corrected chi connectivity index (χ3v) is 3.75. The van der Waals surface area contributed by atoms with Crippen molar-refractivity contribution < 1.29 is 28.6 Å². The summed E-state index contributed by atoms with van der Waals surface area (Å²) >= 11 is 0. The minimum absolute atomic E-state index is 0.0405. The van der Waals surface area contributed by atoms with E-state index >= 15 is 0 Å². The molecule has 0 aliphatic heterocycles. The summed E-state index contributed by atoms with van der Waals surface area (Å²) in [5.74, 6) is -1.01. The van der Waals surface area contributed by atoms with E-state index in [1.807, 2.05) is 19.9 Å². The maximum absolute atomic E-state index is 12.1. The van der Waals surface area contributed by atoms with Gasteiger partial charge in [0.15, 0.2) is 0 Å². The molecule has 2 unspecified atom stereocenters. The minimum atomic E-state index is -0.732. The zero-order valence-electron chi connectivity index (χ0n) is 14.2. The van der Waals surface area contributed by atoms with E-state index < -0.39 is 23.5 Å². The molecule has 0 heterocycles. The maximum atomic E-state index is 12.1. The largest absolute Gasteiger partial charge is 0.462 e. The Kier molecular flexibility index (Phi) is 7.42. The first kappa shape index (κ1) is 19.7. The summed E-state index contributed by atoms with van der Waals surface area (Å²) in [5, 5.41) is 0. The van der Waals surface area contributed by atoms with Gasteiger partial charge in [-0.05, 0) is 24.8 Å². The fraction of sp³-hybridized carbons (Fsp3) is 0.500. The number of hydrogen-bond acceptors (Lipinski definition) is 6. The van der Waals surface area contributed by atoms with E-state index in [0.717, 1.165) is 12.2 Å². The monoisotopic (exact) mass is 336 g/mol. The summed E-state index contributed by atoms with van der Waals surface area (Å²) in [6, 6.07) is 0. The van der Waals surface area contributed by atoms with Gasteiger partial charge in [-0.1, -0.05) is 27.0 Å². The molecular formula is C18H24O6. The second-order valence-corrected chi connectivity index (χ2v) is 5.75. The minimum Gasteiger partial charge on any atom is -0.462 e. The van der Waals surface area contributed by atoms with E-state index in [4.69, 9.17) is 14.2 Å². The van der Waals surface area contributed by atoms with Gasteiger partial charge in [-0.2, -0.15) is 0 Å². The Morgan fingerprint density at radius 1 is 1.29 bits per heavy atom. The molecule has 0 fully saturated rings. The van der Waals surface area contributed by atoms with Crippen molar-refractivity contribution >= 4 is 17.9 Å². The van der Waals surface area contributed by atoms with E-state index in [1.165, 1.54) is 0 Å². The lowest BCUT2D eigenvalue weighted by atomic mass is 9.80. The van der Waals surface area contributed by atoms with Crippen molar-refractivity contribution in [1.82, 2.24) is 0 Å². The molecule has 0 aromatic rings. The van der Waals surface area contributed by atoms with Gasteiger partial charge in [0.1, 0.15) is 18.0 Å². The molecule has 0 saturated carbocycles. The molecule has 1 aliphatic carbocycles. The molecule has 1 aliphatic rings. The van der Waals surface area contributed by atoms with Gasteiger partial charge in [-0.3, -0.25) is 4.79 Å². The quantitative estimate of drug-likeness (QED) is 0.385. The van der Waals surface area contributed by atoms with Crippen LogP contribution in [0.1, 0.15) is 39.5 Å². The third kappa shape index (κ3) is 6.02. The van der Waals surface area contributed by atoms with Crippen LogP contribution in [0.5, 0.6) is 0 Å². The van der Waals surface area contributed by atoms with Crippen molar-refractivity contribution in [3.63, 3.8) is 0 Å². The van der Waals surface area contributed by atoms with Crippen LogP contribution in [-0.2, 0) is 28.6 Å². The molecular weight excluding hydrogens is 312 g/mol. The van der Waals surface area contributed by atoms with Crippen LogP contribution in [0.15, 0.2) is 37.1 Å². The van der Waals surface area contributed by atoms with Crippen molar-refractivity contribution in [1.29, 1.82) is 0 Å². The second kappa shape index (κ2) is 9.05. The van der Waals surface area contributed by atoms with Gasteiger partial charge >= 0.3 is 17.9 Å². The Bertz CT molecular complexity index is 548. The molecule has 6 heteroatoms. The van der Waals surface area contributed by atoms with Crippen LogP contribution in [0, 0.1) is 5.92 Å². The highest BCUT2D eigenvalue weighted by molar-refractivity contribution is 5.82. The van der Waals surface area contributed by atoms with Crippen LogP contribution < -0.4 is 0 Å². The molecule has 0 radical (unpaired) electrons. The molecule has 0 bridgehead atoms. The molecule has 24 heavy (non-hydrogen) atoms. The Labute approximate surface area is 142 Å². The first-order valence-electron chi connectivity index (χ1n) is 7.90. The molecule has 132 valence electrons. The Hall–Kier alpha value is -2.37. The van der Waals surface area contributed by atoms with Gasteiger partial charge in [-0.25, -0.2) is 9.59 Å². The molecule has 0 amide bonds. The Balaban J connectivity index is 2.68. The topological polar surface area (TPSA) is 78.9 Å². The zero-order chi connectivity index (χ0) is 18.2. The van der Waals surface area contributed by atoms with Crippen molar-refractivity contribution in [2.45, 2.75) is 45.1 Å². The molecule has 0 spiro atoms. The predicted octanol–water partition coefficient (Wildman–Crippen LogP) is 2.84. The highest BCUT2D eigenvalue weighted by Gasteiger charge is 2.39. The zero-order valence-corrected chi connectivity index (χ0v) is 14.2. The van der Waals surface area contributed by atoms with Gasteiger partial charge in [0.25, 0.3) is 0 Å². The smallest absolute Gasteiger partial charge is 0.335 e. The number of carbonyl (C=O) groups excluding carboxylic acids is 3. The highest BCUT2D eigenvalue weighted by atomic mass is 16.6.